The molecule has 0 atom stereocenters. The molecule has 8 nitrogen and oxygen atoms in total. The highest BCUT2D eigenvalue weighted by Gasteiger charge is 2.17. The van der Waals surface area contributed by atoms with Crippen molar-refractivity contribution in [2.45, 2.75) is 26.3 Å². The van der Waals surface area contributed by atoms with Crippen LogP contribution in [-0.4, -0.2) is 50.3 Å². The molecule has 0 spiro atoms. The van der Waals surface area contributed by atoms with Gasteiger partial charge in [0.2, 0.25) is 5.89 Å². The highest BCUT2D eigenvalue weighted by molar-refractivity contribution is 5.72. The molecule has 18 heavy (non-hydrogen) atoms. The lowest BCUT2D eigenvalue weighted by atomic mass is 10.3. The number of carboxylic acid groups (broad SMARTS) is 2. The molecule has 8 heteroatoms. The van der Waals surface area contributed by atoms with Gasteiger partial charge in [-0.1, -0.05) is 12.1 Å². The highest BCUT2D eigenvalue weighted by atomic mass is 16.5. The standard InChI is InChI=1S/C10H15N3O5/c1-2-3-7-11-8(18-12-7)4-13(5-9(14)15)6-10(16)17/h2-6H2,1H3,(H,14,15)(H,16,17). The van der Waals surface area contributed by atoms with Crippen molar-refractivity contribution in [3.8, 4) is 0 Å². The van der Waals surface area contributed by atoms with Gasteiger partial charge in [-0.25, -0.2) is 0 Å². The van der Waals surface area contributed by atoms with Crippen molar-refractivity contribution in [3.05, 3.63) is 11.7 Å². The normalized spacial score (nSPS) is 10.8. The van der Waals surface area contributed by atoms with E-state index in [0.29, 0.717) is 12.2 Å². The molecule has 1 rings (SSSR count). The van der Waals surface area contributed by atoms with E-state index in [1.807, 2.05) is 6.92 Å². The first-order chi connectivity index (χ1) is 8.51. The molecule has 0 saturated heterocycles. The van der Waals surface area contributed by atoms with Crippen LogP contribution in [0, 0.1) is 0 Å². The topological polar surface area (TPSA) is 117 Å². The van der Waals surface area contributed by atoms with Crippen LogP contribution >= 0.6 is 0 Å². The number of aromatic nitrogens is 2. The summed E-state index contributed by atoms with van der Waals surface area (Å²) in [7, 11) is 0. The number of aryl methyl sites for hydroxylation is 1. The van der Waals surface area contributed by atoms with Crippen LogP contribution in [0.2, 0.25) is 0 Å². The average Bonchev–Trinajstić information content (AvgIpc) is 2.64. The second kappa shape index (κ2) is 6.70. The Hall–Kier alpha value is -1.96. The summed E-state index contributed by atoms with van der Waals surface area (Å²) in [5.41, 5.74) is 0. The zero-order valence-corrected chi connectivity index (χ0v) is 10.00. The van der Waals surface area contributed by atoms with Crippen molar-refractivity contribution in [1.29, 1.82) is 0 Å². The molecular formula is C10H15N3O5. The van der Waals surface area contributed by atoms with E-state index in [1.54, 1.807) is 0 Å². The van der Waals surface area contributed by atoms with E-state index in [4.69, 9.17) is 14.7 Å². The largest absolute Gasteiger partial charge is 0.480 e. The lowest BCUT2D eigenvalue weighted by Gasteiger charge is -2.14. The Labute approximate surface area is 103 Å². The molecule has 1 heterocycles. The Balaban J connectivity index is 2.62. The Morgan fingerprint density at radius 2 is 1.89 bits per heavy atom. The number of carbonyl (C=O) groups is 2. The predicted molar refractivity (Wildman–Crippen MR) is 58.8 cm³/mol. The van der Waals surface area contributed by atoms with Crippen LogP contribution in [0.25, 0.3) is 0 Å². The van der Waals surface area contributed by atoms with Crippen LogP contribution in [0.5, 0.6) is 0 Å². The molecule has 0 amide bonds. The van der Waals surface area contributed by atoms with Gasteiger partial charge in [0.05, 0.1) is 19.6 Å². The van der Waals surface area contributed by atoms with Gasteiger partial charge in [0.15, 0.2) is 5.82 Å². The predicted octanol–water partition coefficient (Wildman–Crippen LogP) is -0.00670. The number of rotatable bonds is 8. The van der Waals surface area contributed by atoms with Crippen molar-refractivity contribution < 1.29 is 24.3 Å². The van der Waals surface area contributed by atoms with Gasteiger partial charge >= 0.3 is 11.9 Å². The lowest BCUT2D eigenvalue weighted by Crippen LogP contribution is -2.34. The second-order valence-electron chi connectivity index (χ2n) is 3.79. The number of aliphatic carboxylic acids is 2. The van der Waals surface area contributed by atoms with Gasteiger partial charge in [-0.05, 0) is 6.42 Å². The number of hydrogen-bond donors (Lipinski definition) is 2. The minimum absolute atomic E-state index is 0.00924. The van der Waals surface area contributed by atoms with Gasteiger partial charge in [0.25, 0.3) is 0 Å². The van der Waals surface area contributed by atoms with Crippen LogP contribution in [0.4, 0.5) is 0 Å². The van der Waals surface area contributed by atoms with Gasteiger partial charge in [-0.2, -0.15) is 4.98 Å². The Morgan fingerprint density at radius 3 is 2.39 bits per heavy atom. The summed E-state index contributed by atoms with van der Waals surface area (Å²) in [6.07, 6.45) is 1.54. The summed E-state index contributed by atoms with van der Waals surface area (Å²) in [4.78, 5) is 26.4. The van der Waals surface area contributed by atoms with Crippen molar-refractivity contribution >= 4 is 11.9 Å². The fraction of sp³-hybridized carbons (Fsp3) is 0.600. The third kappa shape index (κ3) is 4.91. The summed E-state index contributed by atoms with van der Waals surface area (Å²) in [5.74, 6) is -1.45. The monoisotopic (exact) mass is 257 g/mol. The summed E-state index contributed by atoms with van der Waals surface area (Å²) < 4.78 is 4.92. The Bertz CT molecular complexity index is 401. The van der Waals surface area contributed by atoms with Gasteiger partial charge in [0.1, 0.15) is 0 Å². The zero-order chi connectivity index (χ0) is 13.5. The van der Waals surface area contributed by atoms with Gasteiger partial charge in [-0.3, -0.25) is 14.5 Å². The van der Waals surface area contributed by atoms with Crippen molar-refractivity contribution in [1.82, 2.24) is 15.0 Å². The Kier molecular flexibility index (Phi) is 5.25. The third-order valence-corrected chi connectivity index (χ3v) is 2.06. The highest BCUT2D eigenvalue weighted by Crippen LogP contribution is 2.04. The lowest BCUT2D eigenvalue weighted by molar-refractivity contribution is -0.142. The molecule has 0 aliphatic heterocycles. The molecule has 0 radical (unpaired) electrons. The molecular weight excluding hydrogens is 242 g/mol. The molecule has 1 aromatic rings. The minimum atomic E-state index is -1.11. The van der Waals surface area contributed by atoms with E-state index in [2.05, 4.69) is 10.1 Å². The maximum atomic E-state index is 10.6. The van der Waals surface area contributed by atoms with Crippen molar-refractivity contribution in [3.63, 3.8) is 0 Å². The molecule has 1 aromatic heterocycles. The second-order valence-corrected chi connectivity index (χ2v) is 3.79. The fourth-order valence-corrected chi connectivity index (χ4v) is 1.42. The zero-order valence-electron chi connectivity index (χ0n) is 10.00. The Morgan fingerprint density at radius 1 is 1.28 bits per heavy atom. The SMILES string of the molecule is CCCc1noc(CN(CC(=O)O)CC(=O)O)n1. The molecule has 2 N–H and O–H groups in total. The van der Waals surface area contributed by atoms with Crippen LogP contribution in [-0.2, 0) is 22.6 Å². The maximum Gasteiger partial charge on any atom is 0.317 e. The molecule has 0 bridgehead atoms. The maximum absolute atomic E-state index is 10.6. The van der Waals surface area contributed by atoms with E-state index in [-0.39, 0.29) is 12.4 Å². The number of hydrogen-bond acceptors (Lipinski definition) is 6. The van der Waals surface area contributed by atoms with Gasteiger partial charge in [-0.15, -0.1) is 0 Å². The summed E-state index contributed by atoms with van der Waals surface area (Å²) in [6.45, 7) is 1.20. The van der Waals surface area contributed by atoms with Crippen LogP contribution in [0.1, 0.15) is 25.1 Å². The summed E-state index contributed by atoms with van der Waals surface area (Å²) >= 11 is 0. The molecule has 0 fully saturated rings. The quantitative estimate of drug-likeness (QED) is 0.668. The van der Waals surface area contributed by atoms with E-state index in [9.17, 15) is 9.59 Å². The molecule has 0 aliphatic carbocycles. The van der Waals surface area contributed by atoms with Crippen LogP contribution in [0.3, 0.4) is 0 Å². The molecule has 100 valence electrons. The van der Waals surface area contributed by atoms with E-state index in [0.717, 1.165) is 6.42 Å². The molecule has 0 saturated carbocycles. The number of nitrogens with zero attached hydrogens (tertiary/aromatic N) is 3. The minimum Gasteiger partial charge on any atom is -0.480 e. The van der Waals surface area contributed by atoms with Gasteiger partial charge in [0, 0.05) is 6.42 Å². The van der Waals surface area contributed by atoms with Crippen molar-refractivity contribution in [2.24, 2.45) is 0 Å². The summed E-state index contributed by atoms with van der Waals surface area (Å²) in [5, 5.41) is 21.0. The first-order valence-corrected chi connectivity index (χ1v) is 5.48. The van der Waals surface area contributed by atoms with Crippen molar-refractivity contribution in [2.75, 3.05) is 13.1 Å². The molecule has 0 aromatic carbocycles. The number of carboxylic acids is 2. The molecule has 0 unspecified atom stereocenters. The third-order valence-electron chi connectivity index (χ3n) is 2.06. The van der Waals surface area contributed by atoms with Crippen LogP contribution in [0.15, 0.2) is 4.52 Å². The first kappa shape index (κ1) is 14.1. The van der Waals surface area contributed by atoms with Gasteiger partial charge < -0.3 is 14.7 Å². The smallest absolute Gasteiger partial charge is 0.317 e. The van der Waals surface area contributed by atoms with Crippen LogP contribution < -0.4 is 0 Å². The fourth-order valence-electron chi connectivity index (χ4n) is 1.42. The average molecular weight is 257 g/mol. The van der Waals surface area contributed by atoms with E-state index in [1.165, 1.54) is 4.90 Å². The molecule has 0 aliphatic rings. The van der Waals surface area contributed by atoms with E-state index >= 15 is 0 Å². The first-order valence-electron chi connectivity index (χ1n) is 5.48. The summed E-state index contributed by atoms with van der Waals surface area (Å²) in [6, 6.07) is 0. The van der Waals surface area contributed by atoms with E-state index < -0.39 is 25.0 Å².